The zero-order valence-corrected chi connectivity index (χ0v) is 15.9. The summed E-state index contributed by atoms with van der Waals surface area (Å²) in [6.45, 7) is 4.14. The lowest BCUT2D eigenvalue weighted by molar-refractivity contribution is 0.630. The summed E-state index contributed by atoms with van der Waals surface area (Å²) >= 11 is 0. The molecule has 2 aromatic heterocycles. The first-order chi connectivity index (χ1) is 13.8. The fourth-order valence-electron chi connectivity index (χ4n) is 3.49. The lowest BCUT2D eigenvalue weighted by Gasteiger charge is -2.35. The van der Waals surface area contributed by atoms with Gasteiger partial charge in [-0.15, -0.1) is 10.2 Å². The van der Waals surface area contributed by atoms with Crippen LogP contribution in [0.3, 0.4) is 0 Å². The molecule has 3 heterocycles. The second-order valence-electron chi connectivity index (χ2n) is 6.86. The first kappa shape index (κ1) is 18.3. The number of hydrogen-bond acceptors (Lipinski definition) is 7. The van der Waals surface area contributed by atoms with Gasteiger partial charge in [-0.3, -0.25) is 0 Å². The molecule has 28 heavy (non-hydrogen) atoms. The molecule has 0 bridgehead atoms. The molecule has 1 saturated heterocycles. The number of aromatic nitrogens is 4. The van der Waals surface area contributed by atoms with Crippen molar-refractivity contribution in [3.05, 3.63) is 60.4 Å². The minimum absolute atomic E-state index is 0.668. The van der Waals surface area contributed by atoms with Crippen LogP contribution in [0.2, 0.25) is 0 Å². The quantitative estimate of drug-likeness (QED) is 0.707. The van der Waals surface area contributed by atoms with Crippen LogP contribution in [0, 0.1) is 0 Å². The van der Waals surface area contributed by atoms with E-state index in [-0.39, 0.29) is 0 Å². The van der Waals surface area contributed by atoms with Gasteiger partial charge in [-0.25, -0.2) is 9.97 Å². The third-order valence-electron chi connectivity index (χ3n) is 5.00. The van der Waals surface area contributed by atoms with Gasteiger partial charge in [0.25, 0.3) is 0 Å². The molecule has 0 saturated carbocycles. The fraction of sp³-hybridized carbons (Fsp3) is 0.333. The molecule has 0 aliphatic carbocycles. The molecule has 3 aromatic rings. The van der Waals surface area contributed by atoms with Gasteiger partial charge in [0, 0.05) is 44.1 Å². The van der Waals surface area contributed by atoms with E-state index in [0.29, 0.717) is 6.54 Å². The summed E-state index contributed by atoms with van der Waals surface area (Å²) in [7, 11) is 0. The van der Waals surface area contributed by atoms with Crippen LogP contribution in [-0.2, 0) is 6.42 Å². The first-order valence-electron chi connectivity index (χ1n) is 9.74. The van der Waals surface area contributed by atoms with E-state index in [0.717, 1.165) is 62.0 Å². The third-order valence-corrected chi connectivity index (χ3v) is 5.00. The van der Waals surface area contributed by atoms with Crippen LogP contribution in [0.1, 0.15) is 12.0 Å². The molecule has 7 nitrogen and oxygen atoms in total. The fourth-order valence-corrected chi connectivity index (χ4v) is 3.49. The Balaban J connectivity index is 1.52. The van der Waals surface area contributed by atoms with Crippen molar-refractivity contribution >= 4 is 11.8 Å². The predicted octanol–water partition coefficient (Wildman–Crippen LogP) is 2.15. The van der Waals surface area contributed by atoms with Crippen LogP contribution < -0.4 is 15.5 Å². The number of piperazine rings is 1. The maximum atomic E-state index is 5.75. The van der Waals surface area contributed by atoms with Crippen molar-refractivity contribution in [2.75, 3.05) is 42.5 Å². The average Bonchev–Trinajstić information content (AvgIpc) is 2.79. The summed E-state index contributed by atoms with van der Waals surface area (Å²) in [6.07, 6.45) is 5.41. The van der Waals surface area contributed by atoms with Crippen molar-refractivity contribution in [2.45, 2.75) is 12.8 Å². The summed E-state index contributed by atoms with van der Waals surface area (Å²) in [5.74, 6) is 1.72. The molecule has 0 spiro atoms. The summed E-state index contributed by atoms with van der Waals surface area (Å²) in [5.41, 5.74) is 9.01. The Labute approximate surface area is 165 Å². The van der Waals surface area contributed by atoms with Gasteiger partial charge in [0.15, 0.2) is 5.82 Å². The van der Waals surface area contributed by atoms with E-state index in [1.807, 2.05) is 24.3 Å². The van der Waals surface area contributed by atoms with E-state index in [9.17, 15) is 0 Å². The van der Waals surface area contributed by atoms with Gasteiger partial charge >= 0.3 is 0 Å². The summed E-state index contributed by atoms with van der Waals surface area (Å²) < 4.78 is 0. The molecular formula is C21H25N7. The van der Waals surface area contributed by atoms with Crippen LogP contribution >= 0.6 is 0 Å². The molecular weight excluding hydrogens is 350 g/mol. The highest BCUT2D eigenvalue weighted by Gasteiger charge is 2.21. The number of rotatable bonds is 6. The van der Waals surface area contributed by atoms with Crippen LogP contribution in [0.5, 0.6) is 0 Å². The summed E-state index contributed by atoms with van der Waals surface area (Å²) in [6, 6.07) is 14.3. The molecule has 4 rings (SSSR count). The van der Waals surface area contributed by atoms with Gasteiger partial charge in [0.2, 0.25) is 5.95 Å². The minimum Gasteiger partial charge on any atom is -0.352 e. The van der Waals surface area contributed by atoms with Crippen molar-refractivity contribution in [1.29, 1.82) is 0 Å². The summed E-state index contributed by atoms with van der Waals surface area (Å²) in [5, 5.41) is 9.12. The Hall–Kier alpha value is -3.06. The predicted molar refractivity (Wildman–Crippen MR) is 111 cm³/mol. The van der Waals surface area contributed by atoms with Crippen LogP contribution in [0.25, 0.3) is 11.3 Å². The molecule has 0 amide bonds. The van der Waals surface area contributed by atoms with Gasteiger partial charge in [-0.05, 0) is 37.1 Å². The van der Waals surface area contributed by atoms with Crippen LogP contribution in [-0.4, -0.2) is 52.9 Å². The molecule has 144 valence electrons. The standard InChI is InChI=1S/C21H25N7/c22-9-4-8-18-16-19(25-26-20(18)17-6-2-1-3-7-17)27-12-14-28(15-13-27)21-23-10-5-11-24-21/h1-3,5-7,10-11,16H,4,8-9,12-15,22H2. The molecule has 0 radical (unpaired) electrons. The Morgan fingerprint density at radius 3 is 2.29 bits per heavy atom. The SMILES string of the molecule is NCCCc1cc(N2CCN(c3ncccn3)CC2)nnc1-c1ccccc1. The van der Waals surface area contributed by atoms with Crippen molar-refractivity contribution in [1.82, 2.24) is 20.2 Å². The highest BCUT2D eigenvalue weighted by Crippen LogP contribution is 2.25. The first-order valence-corrected chi connectivity index (χ1v) is 9.74. The summed E-state index contributed by atoms with van der Waals surface area (Å²) in [4.78, 5) is 13.2. The maximum Gasteiger partial charge on any atom is 0.225 e. The average molecular weight is 375 g/mol. The lowest BCUT2D eigenvalue weighted by Crippen LogP contribution is -2.47. The highest BCUT2D eigenvalue weighted by atomic mass is 15.3. The molecule has 1 aliphatic heterocycles. The molecule has 7 heteroatoms. The number of nitrogens with two attached hydrogens (primary N) is 1. The van der Waals surface area contributed by atoms with Gasteiger partial charge < -0.3 is 15.5 Å². The van der Waals surface area contributed by atoms with Crippen molar-refractivity contribution in [2.24, 2.45) is 5.73 Å². The number of anilines is 2. The zero-order valence-electron chi connectivity index (χ0n) is 15.9. The molecule has 1 fully saturated rings. The number of aryl methyl sites for hydroxylation is 1. The number of benzene rings is 1. The van der Waals surface area contributed by atoms with Crippen molar-refractivity contribution in [3.63, 3.8) is 0 Å². The Kier molecular flexibility index (Phi) is 5.72. The van der Waals surface area contributed by atoms with Crippen molar-refractivity contribution < 1.29 is 0 Å². The topological polar surface area (TPSA) is 84.1 Å². The van der Waals surface area contributed by atoms with Gasteiger partial charge in [-0.2, -0.15) is 0 Å². The maximum absolute atomic E-state index is 5.75. The minimum atomic E-state index is 0.668. The van der Waals surface area contributed by atoms with E-state index in [1.54, 1.807) is 12.4 Å². The van der Waals surface area contributed by atoms with Crippen LogP contribution in [0.15, 0.2) is 54.9 Å². The monoisotopic (exact) mass is 375 g/mol. The second kappa shape index (κ2) is 8.75. The molecule has 1 aromatic carbocycles. The highest BCUT2D eigenvalue weighted by molar-refractivity contribution is 5.64. The largest absolute Gasteiger partial charge is 0.352 e. The zero-order chi connectivity index (χ0) is 19.2. The second-order valence-corrected chi connectivity index (χ2v) is 6.86. The molecule has 0 unspecified atom stereocenters. The normalized spacial score (nSPS) is 14.3. The number of hydrogen-bond donors (Lipinski definition) is 1. The van der Waals surface area contributed by atoms with E-state index >= 15 is 0 Å². The van der Waals surface area contributed by atoms with E-state index < -0.39 is 0 Å². The molecule has 2 N–H and O–H groups in total. The van der Waals surface area contributed by atoms with E-state index in [1.165, 1.54) is 5.56 Å². The Morgan fingerprint density at radius 2 is 1.57 bits per heavy atom. The van der Waals surface area contributed by atoms with Gasteiger partial charge in [-0.1, -0.05) is 30.3 Å². The Bertz CT molecular complexity index is 878. The lowest BCUT2D eigenvalue weighted by atomic mass is 10.0. The van der Waals surface area contributed by atoms with Crippen LogP contribution in [0.4, 0.5) is 11.8 Å². The Morgan fingerprint density at radius 1 is 0.857 bits per heavy atom. The molecule has 1 aliphatic rings. The number of nitrogens with zero attached hydrogens (tertiary/aromatic N) is 6. The van der Waals surface area contributed by atoms with E-state index in [4.69, 9.17) is 5.73 Å². The van der Waals surface area contributed by atoms with Gasteiger partial charge in [0.1, 0.15) is 0 Å². The molecule has 0 atom stereocenters. The van der Waals surface area contributed by atoms with Crippen molar-refractivity contribution in [3.8, 4) is 11.3 Å². The third kappa shape index (κ3) is 4.09. The van der Waals surface area contributed by atoms with Gasteiger partial charge in [0.05, 0.1) is 5.69 Å². The van der Waals surface area contributed by atoms with E-state index in [2.05, 4.69) is 48.2 Å². The smallest absolute Gasteiger partial charge is 0.225 e.